The number of nitrogens with zero attached hydrogens (tertiary/aromatic N) is 1. The Morgan fingerprint density at radius 3 is 2.29 bits per heavy atom. The van der Waals surface area contributed by atoms with Gasteiger partial charge in [-0.2, -0.15) is 0 Å². The van der Waals surface area contributed by atoms with E-state index in [-0.39, 0.29) is 24.4 Å². The van der Waals surface area contributed by atoms with Gasteiger partial charge in [-0.25, -0.2) is 0 Å². The fourth-order valence-electron chi connectivity index (χ4n) is 2.48. The molecule has 2 rings (SSSR count). The standard InChI is InChI=1S/C10H18N2O.ClH/c11-9-6-7-12(10(9)13)8-4-2-1-3-5-8;/h8-9H,1-7,11H2;1H. The lowest BCUT2D eigenvalue weighted by molar-refractivity contribution is -0.131. The Morgan fingerprint density at radius 2 is 1.79 bits per heavy atom. The van der Waals surface area contributed by atoms with Crippen molar-refractivity contribution < 1.29 is 4.79 Å². The van der Waals surface area contributed by atoms with Crippen molar-refractivity contribution in [3.63, 3.8) is 0 Å². The zero-order valence-electron chi connectivity index (χ0n) is 8.45. The van der Waals surface area contributed by atoms with Gasteiger partial charge in [0.2, 0.25) is 5.91 Å². The van der Waals surface area contributed by atoms with Crippen molar-refractivity contribution in [2.75, 3.05) is 6.54 Å². The normalized spacial score (nSPS) is 29.1. The summed E-state index contributed by atoms with van der Waals surface area (Å²) < 4.78 is 0. The third-order valence-electron chi connectivity index (χ3n) is 3.30. The van der Waals surface area contributed by atoms with Crippen LogP contribution in [0.4, 0.5) is 0 Å². The first-order chi connectivity index (χ1) is 6.29. The van der Waals surface area contributed by atoms with Crippen molar-refractivity contribution in [2.45, 2.75) is 50.6 Å². The van der Waals surface area contributed by atoms with Gasteiger partial charge in [0.1, 0.15) is 0 Å². The van der Waals surface area contributed by atoms with E-state index in [4.69, 9.17) is 5.73 Å². The van der Waals surface area contributed by atoms with E-state index in [9.17, 15) is 4.79 Å². The zero-order valence-corrected chi connectivity index (χ0v) is 9.26. The molecule has 1 saturated heterocycles. The van der Waals surface area contributed by atoms with E-state index in [0.29, 0.717) is 6.04 Å². The van der Waals surface area contributed by atoms with Crippen LogP contribution in [0.5, 0.6) is 0 Å². The van der Waals surface area contributed by atoms with Crippen molar-refractivity contribution in [3.05, 3.63) is 0 Å². The molecule has 1 amide bonds. The van der Waals surface area contributed by atoms with Crippen LogP contribution < -0.4 is 5.73 Å². The number of likely N-dealkylation sites (tertiary alicyclic amines) is 1. The average Bonchev–Trinajstić information content (AvgIpc) is 2.49. The third-order valence-corrected chi connectivity index (χ3v) is 3.30. The predicted octanol–water partition coefficient (Wildman–Crippen LogP) is 1.30. The molecule has 1 saturated carbocycles. The number of rotatable bonds is 1. The maximum absolute atomic E-state index is 11.6. The number of carbonyl (C=O) groups is 1. The average molecular weight is 219 g/mol. The molecule has 14 heavy (non-hydrogen) atoms. The highest BCUT2D eigenvalue weighted by atomic mass is 35.5. The Hall–Kier alpha value is -0.280. The molecule has 0 aromatic heterocycles. The minimum atomic E-state index is -0.207. The second kappa shape index (κ2) is 4.99. The number of nitrogens with two attached hydrogens (primary N) is 1. The van der Waals surface area contributed by atoms with E-state index in [1.54, 1.807) is 0 Å². The van der Waals surface area contributed by atoms with Crippen LogP contribution in [-0.4, -0.2) is 29.4 Å². The minimum absolute atomic E-state index is 0. The molecule has 0 spiro atoms. The lowest BCUT2D eigenvalue weighted by Crippen LogP contribution is -2.41. The fraction of sp³-hybridized carbons (Fsp3) is 0.900. The maximum Gasteiger partial charge on any atom is 0.239 e. The van der Waals surface area contributed by atoms with Crippen LogP contribution in [0.2, 0.25) is 0 Å². The van der Waals surface area contributed by atoms with Crippen LogP contribution in [0.1, 0.15) is 38.5 Å². The Bertz CT molecular complexity index is 204. The summed E-state index contributed by atoms with van der Waals surface area (Å²) in [6, 6.07) is 0.303. The highest BCUT2D eigenvalue weighted by Crippen LogP contribution is 2.25. The largest absolute Gasteiger partial charge is 0.338 e. The molecule has 0 bridgehead atoms. The van der Waals surface area contributed by atoms with Crippen LogP contribution in [-0.2, 0) is 4.79 Å². The van der Waals surface area contributed by atoms with Gasteiger partial charge in [0.25, 0.3) is 0 Å². The molecule has 1 aliphatic carbocycles. The van der Waals surface area contributed by atoms with Gasteiger partial charge in [0.05, 0.1) is 6.04 Å². The molecule has 1 unspecified atom stereocenters. The molecular formula is C10H19ClN2O. The van der Waals surface area contributed by atoms with E-state index in [1.165, 1.54) is 32.1 Å². The lowest BCUT2D eigenvalue weighted by Gasteiger charge is -2.31. The van der Waals surface area contributed by atoms with Crippen LogP contribution in [0, 0.1) is 0 Å². The van der Waals surface area contributed by atoms with E-state index in [0.717, 1.165) is 13.0 Å². The zero-order chi connectivity index (χ0) is 9.26. The molecule has 0 aromatic rings. The number of hydrogen-bond acceptors (Lipinski definition) is 2. The summed E-state index contributed by atoms with van der Waals surface area (Å²) in [6.07, 6.45) is 7.14. The van der Waals surface area contributed by atoms with Gasteiger partial charge in [-0.1, -0.05) is 19.3 Å². The Balaban J connectivity index is 0.000000980. The van der Waals surface area contributed by atoms with Gasteiger partial charge in [-0.05, 0) is 19.3 Å². The van der Waals surface area contributed by atoms with Gasteiger partial charge in [0, 0.05) is 12.6 Å². The first-order valence-corrected chi connectivity index (χ1v) is 5.35. The van der Waals surface area contributed by atoms with Crippen LogP contribution in [0.25, 0.3) is 0 Å². The van der Waals surface area contributed by atoms with Gasteiger partial charge >= 0.3 is 0 Å². The van der Waals surface area contributed by atoms with Crippen LogP contribution in [0.15, 0.2) is 0 Å². The molecule has 1 atom stereocenters. The van der Waals surface area contributed by atoms with E-state index in [1.807, 2.05) is 4.90 Å². The first-order valence-electron chi connectivity index (χ1n) is 5.35. The van der Waals surface area contributed by atoms with Crippen LogP contribution in [0.3, 0.4) is 0 Å². The summed E-state index contributed by atoms with van der Waals surface area (Å²) in [6.45, 7) is 0.894. The van der Waals surface area contributed by atoms with E-state index < -0.39 is 0 Å². The summed E-state index contributed by atoms with van der Waals surface area (Å²) in [5, 5.41) is 0. The number of hydrogen-bond donors (Lipinski definition) is 1. The van der Waals surface area contributed by atoms with Crippen molar-refractivity contribution in [1.29, 1.82) is 0 Å². The van der Waals surface area contributed by atoms with Crippen LogP contribution >= 0.6 is 12.4 Å². The molecule has 1 heterocycles. The molecule has 0 aromatic carbocycles. The van der Waals surface area contributed by atoms with Gasteiger partial charge in [0.15, 0.2) is 0 Å². The summed E-state index contributed by atoms with van der Waals surface area (Å²) >= 11 is 0. The number of amides is 1. The topological polar surface area (TPSA) is 46.3 Å². The Kier molecular flexibility index (Phi) is 4.20. The highest BCUT2D eigenvalue weighted by molar-refractivity contribution is 5.85. The van der Waals surface area contributed by atoms with E-state index >= 15 is 0 Å². The Morgan fingerprint density at radius 1 is 1.14 bits per heavy atom. The maximum atomic E-state index is 11.6. The fourth-order valence-corrected chi connectivity index (χ4v) is 2.48. The molecule has 2 fully saturated rings. The quantitative estimate of drug-likeness (QED) is 0.721. The molecule has 3 nitrogen and oxygen atoms in total. The first kappa shape index (κ1) is 11.8. The highest BCUT2D eigenvalue weighted by Gasteiger charge is 2.33. The summed E-state index contributed by atoms with van der Waals surface area (Å²) in [5.41, 5.74) is 5.68. The van der Waals surface area contributed by atoms with Crippen molar-refractivity contribution in [1.82, 2.24) is 4.90 Å². The smallest absolute Gasteiger partial charge is 0.239 e. The number of halogens is 1. The van der Waals surface area contributed by atoms with Gasteiger partial charge < -0.3 is 10.6 Å². The van der Waals surface area contributed by atoms with Crippen molar-refractivity contribution in [2.24, 2.45) is 5.73 Å². The molecule has 0 radical (unpaired) electrons. The molecule has 82 valence electrons. The third kappa shape index (κ3) is 2.20. The molecule has 2 aliphatic rings. The SMILES string of the molecule is Cl.NC1CCN(C2CCCCC2)C1=O. The van der Waals surface area contributed by atoms with E-state index in [2.05, 4.69) is 0 Å². The molecular weight excluding hydrogens is 200 g/mol. The number of carbonyl (C=O) groups excluding carboxylic acids is 1. The molecule has 2 N–H and O–H groups in total. The minimum Gasteiger partial charge on any atom is -0.338 e. The molecule has 4 heteroatoms. The second-order valence-electron chi connectivity index (χ2n) is 4.22. The second-order valence-corrected chi connectivity index (χ2v) is 4.22. The predicted molar refractivity (Wildman–Crippen MR) is 58.4 cm³/mol. The van der Waals surface area contributed by atoms with Crippen molar-refractivity contribution in [3.8, 4) is 0 Å². The monoisotopic (exact) mass is 218 g/mol. The van der Waals surface area contributed by atoms with Gasteiger partial charge in [-0.3, -0.25) is 4.79 Å². The van der Waals surface area contributed by atoms with Crippen molar-refractivity contribution >= 4 is 18.3 Å². The Labute approximate surface area is 91.4 Å². The molecule has 1 aliphatic heterocycles. The summed E-state index contributed by atoms with van der Waals surface area (Å²) in [4.78, 5) is 13.6. The lowest BCUT2D eigenvalue weighted by atomic mass is 9.94. The summed E-state index contributed by atoms with van der Waals surface area (Å²) in [5.74, 6) is 0.187. The summed E-state index contributed by atoms with van der Waals surface area (Å²) in [7, 11) is 0. The van der Waals surface area contributed by atoms with Gasteiger partial charge in [-0.15, -0.1) is 12.4 Å².